The Morgan fingerprint density at radius 1 is 0.833 bits per heavy atom. The molecule has 0 aliphatic heterocycles. The van der Waals surface area contributed by atoms with Crippen molar-refractivity contribution in [2.24, 2.45) is 0 Å². The normalized spacial score (nSPS) is 11.1. The minimum atomic E-state index is 0.911. The highest BCUT2D eigenvalue weighted by atomic mass is 15.1. The molecule has 24 heavy (non-hydrogen) atoms. The molecule has 0 aliphatic carbocycles. The van der Waals surface area contributed by atoms with E-state index >= 15 is 0 Å². The van der Waals surface area contributed by atoms with E-state index in [-0.39, 0.29) is 0 Å². The molecule has 3 aromatic carbocycles. The van der Waals surface area contributed by atoms with Crippen molar-refractivity contribution in [2.45, 2.75) is 20.4 Å². The molecule has 118 valence electrons. The molecule has 0 spiro atoms. The van der Waals surface area contributed by atoms with Gasteiger partial charge in [0.25, 0.3) is 0 Å². The summed E-state index contributed by atoms with van der Waals surface area (Å²) < 4.78 is 2.30. The number of rotatable bonds is 3. The van der Waals surface area contributed by atoms with Crippen molar-refractivity contribution >= 4 is 10.8 Å². The molecule has 0 amide bonds. The summed E-state index contributed by atoms with van der Waals surface area (Å²) in [5, 5.41) is 2.50. The van der Waals surface area contributed by atoms with E-state index in [9.17, 15) is 0 Å². The maximum absolute atomic E-state index is 5.03. The van der Waals surface area contributed by atoms with Gasteiger partial charge in [-0.1, -0.05) is 72.8 Å². The zero-order valence-electron chi connectivity index (χ0n) is 14.0. The summed E-state index contributed by atoms with van der Waals surface area (Å²) in [5.74, 6) is 1.04. The topological polar surface area (TPSA) is 17.8 Å². The Morgan fingerprint density at radius 3 is 2.33 bits per heavy atom. The van der Waals surface area contributed by atoms with Gasteiger partial charge in [-0.3, -0.25) is 0 Å². The van der Waals surface area contributed by atoms with Crippen molar-refractivity contribution in [3.8, 4) is 22.6 Å². The Morgan fingerprint density at radius 2 is 1.54 bits per heavy atom. The van der Waals surface area contributed by atoms with Gasteiger partial charge in [-0.2, -0.15) is 0 Å². The molecule has 0 saturated heterocycles. The minimum absolute atomic E-state index is 0.911. The highest BCUT2D eigenvalue weighted by molar-refractivity contribution is 5.96. The number of imidazole rings is 1. The second kappa shape index (κ2) is 5.97. The number of hydrogen-bond donors (Lipinski definition) is 0. The summed E-state index contributed by atoms with van der Waals surface area (Å²) >= 11 is 0. The van der Waals surface area contributed by atoms with Crippen LogP contribution >= 0.6 is 0 Å². The van der Waals surface area contributed by atoms with Gasteiger partial charge in [-0.15, -0.1) is 0 Å². The maximum atomic E-state index is 5.03. The van der Waals surface area contributed by atoms with Crippen LogP contribution < -0.4 is 0 Å². The third kappa shape index (κ3) is 2.31. The van der Waals surface area contributed by atoms with Gasteiger partial charge in [-0.25, -0.2) is 4.98 Å². The molecule has 4 aromatic rings. The summed E-state index contributed by atoms with van der Waals surface area (Å²) in [6.07, 6.45) is 0. The molecule has 0 saturated carbocycles. The molecule has 1 aromatic heterocycles. The predicted molar refractivity (Wildman–Crippen MR) is 101 cm³/mol. The summed E-state index contributed by atoms with van der Waals surface area (Å²) in [6.45, 7) is 5.25. The third-order valence-electron chi connectivity index (χ3n) is 4.61. The number of fused-ring (bicyclic) bond motifs is 1. The van der Waals surface area contributed by atoms with Crippen molar-refractivity contribution in [1.82, 2.24) is 9.55 Å². The minimum Gasteiger partial charge on any atom is -0.328 e. The summed E-state index contributed by atoms with van der Waals surface area (Å²) in [7, 11) is 0. The zero-order valence-corrected chi connectivity index (χ0v) is 14.0. The molecule has 1 heterocycles. The first kappa shape index (κ1) is 14.7. The van der Waals surface area contributed by atoms with Gasteiger partial charge >= 0.3 is 0 Å². The number of nitrogens with zero attached hydrogens (tertiary/aromatic N) is 2. The van der Waals surface area contributed by atoms with Crippen LogP contribution in [0.25, 0.3) is 33.4 Å². The van der Waals surface area contributed by atoms with Crippen LogP contribution in [0.2, 0.25) is 0 Å². The Labute approximate surface area is 142 Å². The van der Waals surface area contributed by atoms with Gasteiger partial charge in [0.15, 0.2) is 0 Å². The predicted octanol–water partition coefficient (Wildman–Crippen LogP) is 5.70. The molecule has 0 bridgehead atoms. The molecular formula is C22H20N2. The fourth-order valence-corrected chi connectivity index (χ4v) is 3.42. The molecule has 2 heteroatoms. The second-order valence-corrected chi connectivity index (χ2v) is 6.01. The second-order valence-electron chi connectivity index (χ2n) is 6.01. The van der Waals surface area contributed by atoms with E-state index < -0.39 is 0 Å². The van der Waals surface area contributed by atoms with Crippen LogP contribution in [0.3, 0.4) is 0 Å². The van der Waals surface area contributed by atoms with E-state index in [0.29, 0.717) is 0 Å². The number of aromatic nitrogens is 2. The lowest BCUT2D eigenvalue weighted by Gasteiger charge is -2.07. The summed E-state index contributed by atoms with van der Waals surface area (Å²) in [4.78, 5) is 5.03. The Kier molecular flexibility index (Phi) is 3.66. The van der Waals surface area contributed by atoms with Gasteiger partial charge in [0.2, 0.25) is 0 Å². The molecule has 0 atom stereocenters. The van der Waals surface area contributed by atoms with Crippen molar-refractivity contribution in [3.05, 3.63) is 78.5 Å². The Balaban J connectivity index is 1.98. The first-order chi connectivity index (χ1) is 11.8. The first-order valence-corrected chi connectivity index (χ1v) is 8.40. The van der Waals surface area contributed by atoms with Crippen LogP contribution in [0.5, 0.6) is 0 Å². The van der Waals surface area contributed by atoms with Crippen LogP contribution in [0.15, 0.2) is 72.8 Å². The first-order valence-electron chi connectivity index (χ1n) is 8.40. The molecule has 0 unspecified atom stereocenters. The molecule has 0 radical (unpaired) electrons. The van der Waals surface area contributed by atoms with Crippen molar-refractivity contribution in [3.63, 3.8) is 0 Å². The molecule has 0 N–H and O–H groups in total. The highest BCUT2D eigenvalue weighted by Crippen LogP contribution is 2.33. The van der Waals surface area contributed by atoms with E-state index in [0.717, 1.165) is 23.6 Å². The van der Waals surface area contributed by atoms with Gasteiger partial charge in [0.05, 0.1) is 5.69 Å². The SMILES string of the molecule is CCn1c(-c2ccccc2)nc(-c2cccc3ccccc23)c1C. The largest absolute Gasteiger partial charge is 0.328 e. The summed E-state index contributed by atoms with van der Waals surface area (Å²) in [6, 6.07) is 25.4. The van der Waals surface area contributed by atoms with Gasteiger partial charge in [0.1, 0.15) is 5.82 Å². The lowest BCUT2D eigenvalue weighted by Crippen LogP contribution is -1.99. The highest BCUT2D eigenvalue weighted by Gasteiger charge is 2.17. The lowest BCUT2D eigenvalue weighted by atomic mass is 10.0. The van der Waals surface area contributed by atoms with Gasteiger partial charge < -0.3 is 4.57 Å². The molecule has 2 nitrogen and oxygen atoms in total. The quantitative estimate of drug-likeness (QED) is 0.474. The van der Waals surface area contributed by atoms with Crippen LogP contribution in [0.4, 0.5) is 0 Å². The Bertz CT molecular complexity index is 992. The molecule has 0 aliphatic rings. The van der Waals surface area contributed by atoms with Crippen molar-refractivity contribution in [1.29, 1.82) is 0 Å². The third-order valence-corrected chi connectivity index (χ3v) is 4.61. The number of hydrogen-bond acceptors (Lipinski definition) is 1. The van der Waals surface area contributed by atoms with E-state index in [4.69, 9.17) is 4.98 Å². The standard InChI is InChI=1S/C22H20N2/c1-3-24-16(2)21(23-22(24)18-11-5-4-6-12-18)20-15-9-13-17-10-7-8-14-19(17)20/h4-15H,3H2,1-2H3. The molecular weight excluding hydrogens is 292 g/mol. The van der Waals surface area contributed by atoms with E-state index in [1.165, 1.54) is 22.0 Å². The van der Waals surface area contributed by atoms with Gasteiger partial charge in [0, 0.05) is 23.4 Å². The van der Waals surface area contributed by atoms with E-state index in [1.807, 2.05) is 6.07 Å². The maximum Gasteiger partial charge on any atom is 0.140 e. The van der Waals surface area contributed by atoms with Crippen molar-refractivity contribution in [2.75, 3.05) is 0 Å². The van der Waals surface area contributed by atoms with Crippen LogP contribution in [-0.2, 0) is 6.54 Å². The van der Waals surface area contributed by atoms with Gasteiger partial charge in [-0.05, 0) is 24.6 Å². The van der Waals surface area contributed by atoms with Crippen molar-refractivity contribution < 1.29 is 0 Å². The van der Waals surface area contributed by atoms with Crippen LogP contribution in [-0.4, -0.2) is 9.55 Å². The lowest BCUT2D eigenvalue weighted by molar-refractivity contribution is 0.746. The summed E-state index contributed by atoms with van der Waals surface area (Å²) in [5.41, 5.74) is 4.66. The Hall–Kier alpha value is -2.87. The average Bonchev–Trinajstić information content (AvgIpc) is 2.98. The fraction of sp³-hybridized carbons (Fsp3) is 0.136. The zero-order chi connectivity index (χ0) is 16.5. The fourth-order valence-electron chi connectivity index (χ4n) is 3.42. The molecule has 0 fully saturated rings. The van der Waals surface area contributed by atoms with E-state index in [1.54, 1.807) is 0 Å². The van der Waals surface area contributed by atoms with Crippen LogP contribution in [0.1, 0.15) is 12.6 Å². The number of benzene rings is 3. The average molecular weight is 312 g/mol. The monoisotopic (exact) mass is 312 g/mol. The van der Waals surface area contributed by atoms with Crippen LogP contribution in [0, 0.1) is 6.92 Å². The molecule has 4 rings (SSSR count). The van der Waals surface area contributed by atoms with E-state index in [2.05, 4.69) is 85.1 Å². The smallest absolute Gasteiger partial charge is 0.140 e.